The summed E-state index contributed by atoms with van der Waals surface area (Å²) < 4.78 is 0. The Balaban J connectivity index is 2.29. The quantitative estimate of drug-likeness (QED) is 0.406. The molecule has 0 amide bonds. The molecule has 4 heteroatoms. The maximum atomic E-state index is 8.54. The van der Waals surface area contributed by atoms with Crippen LogP contribution < -0.4 is 0 Å². The summed E-state index contributed by atoms with van der Waals surface area (Å²) in [7, 11) is 0. The van der Waals surface area contributed by atoms with Crippen LogP contribution in [-0.4, -0.2) is 47.2 Å². The minimum absolute atomic E-state index is 0.179. The summed E-state index contributed by atoms with van der Waals surface area (Å²) in [5, 5.41) is 20.0. The summed E-state index contributed by atoms with van der Waals surface area (Å²) in [5.41, 5.74) is 0.813. The summed E-state index contributed by atoms with van der Waals surface area (Å²) >= 11 is 0. The van der Waals surface area contributed by atoms with Gasteiger partial charge in [0.2, 0.25) is 0 Å². The predicted octanol–water partition coefficient (Wildman–Crippen LogP) is -0.485. The van der Waals surface area contributed by atoms with Crippen LogP contribution in [0.25, 0.3) is 0 Å². The topological polar surface area (TPSA) is 56.1 Å². The van der Waals surface area contributed by atoms with Crippen molar-refractivity contribution >= 4 is 5.71 Å². The van der Waals surface area contributed by atoms with Crippen molar-refractivity contribution in [3.05, 3.63) is 0 Å². The van der Waals surface area contributed by atoms with Gasteiger partial charge in [-0.25, -0.2) is 0 Å². The van der Waals surface area contributed by atoms with Crippen molar-refractivity contribution in [1.82, 2.24) is 4.90 Å². The third kappa shape index (κ3) is 1.68. The smallest absolute Gasteiger partial charge is 0.0723 e. The summed E-state index contributed by atoms with van der Waals surface area (Å²) in [4.78, 5) is 2.05. The molecule has 0 aromatic heterocycles. The monoisotopic (exact) mass is 144 g/mol. The molecular weight excluding hydrogens is 132 g/mol. The molecule has 0 saturated carbocycles. The lowest BCUT2D eigenvalue weighted by atomic mass is 10.3. The molecule has 0 aromatic carbocycles. The van der Waals surface area contributed by atoms with E-state index in [2.05, 4.69) is 10.1 Å². The van der Waals surface area contributed by atoms with E-state index in [-0.39, 0.29) is 6.61 Å². The molecule has 2 N–H and O–H groups in total. The van der Waals surface area contributed by atoms with Crippen LogP contribution in [-0.2, 0) is 0 Å². The maximum Gasteiger partial charge on any atom is 0.0723 e. The number of hydrogen-bond donors (Lipinski definition) is 2. The second-order valence-corrected chi connectivity index (χ2v) is 2.42. The van der Waals surface area contributed by atoms with Crippen molar-refractivity contribution in [3.8, 4) is 0 Å². The third-order valence-electron chi connectivity index (χ3n) is 1.68. The van der Waals surface area contributed by atoms with Crippen molar-refractivity contribution < 1.29 is 10.3 Å². The molecule has 1 saturated heterocycles. The molecule has 10 heavy (non-hydrogen) atoms. The molecule has 1 aliphatic rings. The first-order chi connectivity index (χ1) is 4.86. The number of aliphatic hydroxyl groups excluding tert-OH is 1. The number of β-amino-alcohol motifs (C(OH)–C–C–N with tert-alkyl or cyclic N) is 1. The van der Waals surface area contributed by atoms with E-state index in [0.29, 0.717) is 13.1 Å². The van der Waals surface area contributed by atoms with E-state index in [1.807, 2.05) is 0 Å². The Morgan fingerprint density at radius 2 is 2.40 bits per heavy atom. The number of nitrogens with zero attached hydrogens (tertiary/aromatic N) is 2. The maximum absolute atomic E-state index is 8.54. The Morgan fingerprint density at radius 1 is 1.60 bits per heavy atom. The first-order valence-electron chi connectivity index (χ1n) is 3.40. The van der Waals surface area contributed by atoms with Gasteiger partial charge in [-0.2, -0.15) is 0 Å². The fourth-order valence-electron chi connectivity index (χ4n) is 1.12. The van der Waals surface area contributed by atoms with Gasteiger partial charge in [0, 0.05) is 26.1 Å². The highest BCUT2D eigenvalue weighted by Crippen LogP contribution is 2.03. The van der Waals surface area contributed by atoms with Gasteiger partial charge in [-0.3, -0.25) is 4.90 Å². The summed E-state index contributed by atoms with van der Waals surface area (Å²) in [6.45, 7) is 2.47. The number of aliphatic hydroxyl groups is 1. The molecular formula is C6H12N2O2. The van der Waals surface area contributed by atoms with Crippen molar-refractivity contribution in [2.24, 2.45) is 5.16 Å². The first kappa shape index (κ1) is 7.50. The van der Waals surface area contributed by atoms with Gasteiger partial charge in [-0.1, -0.05) is 5.16 Å². The molecule has 1 rings (SSSR count). The van der Waals surface area contributed by atoms with Crippen molar-refractivity contribution in [2.75, 3.05) is 26.2 Å². The van der Waals surface area contributed by atoms with Gasteiger partial charge in [0.05, 0.1) is 12.3 Å². The lowest BCUT2D eigenvalue weighted by Gasteiger charge is -2.10. The first-order valence-corrected chi connectivity index (χ1v) is 3.40. The summed E-state index contributed by atoms with van der Waals surface area (Å²) in [5.74, 6) is 0. The highest BCUT2D eigenvalue weighted by molar-refractivity contribution is 5.87. The van der Waals surface area contributed by atoms with Gasteiger partial charge in [0.1, 0.15) is 0 Å². The van der Waals surface area contributed by atoms with Crippen LogP contribution in [0, 0.1) is 0 Å². The summed E-state index contributed by atoms with van der Waals surface area (Å²) in [6.07, 6.45) is 0.830. The molecule has 0 aliphatic carbocycles. The minimum atomic E-state index is 0.179. The van der Waals surface area contributed by atoms with Gasteiger partial charge in [-0.05, 0) is 0 Å². The molecule has 0 unspecified atom stereocenters. The lowest BCUT2D eigenvalue weighted by molar-refractivity contribution is 0.224. The average Bonchev–Trinajstić information content (AvgIpc) is 2.37. The van der Waals surface area contributed by atoms with Crippen LogP contribution in [0.5, 0.6) is 0 Å². The Hall–Kier alpha value is -0.610. The largest absolute Gasteiger partial charge is 0.411 e. The number of hydrogen-bond acceptors (Lipinski definition) is 4. The number of rotatable bonds is 2. The van der Waals surface area contributed by atoms with Gasteiger partial charge in [-0.15, -0.1) is 0 Å². The third-order valence-corrected chi connectivity index (χ3v) is 1.68. The fourth-order valence-corrected chi connectivity index (χ4v) is 1.12. The van der Waals surface area contributed by atoms with Gasteiger partial charge >= 0.3 is 0 Å². The zero-order valence-corrected chi connectivity index (χ0v) is 5.82. The van der Waals surface area contributed by atoms with Crippen LogP contribution >= 0.6 is 0 Å². The standard InChI is InChI=1S/C6H12N2O2/c9-4-3-8-2-1-6(5-8)7-10/h9-10H,1-5H2/b7-6-. The number of likely N-dealkylation sites (tertiary alicyclic amines) is 1. The Labute approximate surface area is 59.8 Å². The van der Waals surface area contributed by atoms with E-state index in [1.165, 1.54) is 0 Å². The van der Waals surface area contributed by atoms with Crippen LogP contribution in [0.4, 0.5) is 0 Å². The second kappa shape index (κ2) is 3.53. The van der Waals surface area contributed by atoms with Crippen LogP contribution in [0.1, 0.15) is 6.42 Å². The van der Waals surface area contributed by atoms with Gasteiger partial charge in [0.15, 0.2) is 0 Å². The normalized spacial score (nSPS) is 24.3. The van der Waals surface area contributed by atoms with Gasteiger partial charge < -0.3 is 10.3 Å². The van der Waals surface area contributed by atoms with Crippen molar-refractivity contribution in [3.63, 3.8) is 0 Å². The lowest BCUT2D eigenvalue weighted by Crippen LogP contribution is -2.24. The molecule has 58 valence electrons. The molecule has 0 radical (unpaired) electrons. The zero-order valence-electron chi connectivity index (χ0n) is 5.82. The predicted molar refractivity (Wildman–Crippen MR) is 37.4 cm³/mol. The van der Waals surface area contributed by atoms with E-state index < -0.39 is 0 Å². The second-order valence-electron chi connectivity index (χ2n) is 2.42. The Bertz CT molecular complexity index is 136. The fraction of sp³-hybridized carbons (Fsp3) is 0.833. The Kier molecular flexibility index (Phi) is 2.65. The van der Waals surface area contributed by atoms with Crippen LogP contribution in [0.3, 0.4) is 0 Å². The van der Waals surface area contributed by atoms with Gasteiger partial charge in [0.25, 0.3) is 0 Å². The molecule has 1 aliphatic heterocycles. The zero-order chi connectivity index (χ0) is 7.40. The van der Waals surface area contributed by atoms with Crippen molar-refractivity contribution in [1.29, 1.82) is 0 Å². The molecule has 0 aromatic rings. The average molecular weight is 144 g/mol. The highest BCUT2D eigenvalue weighted by Gasteiger charge is 2.16. The Morgan fingerprint density at radius 3 is 2.90 bits per heavy atom. The molecule has 1 heterocycles. The van der Waals surface area contributed by atoms with Crippen LogP contribution in [0.2, 0.25) is 0 Å². The molecule has 0 bridgehead atoms. The molecule has 0 atom stereocenters. The van der Waals surface area contributed by atoms with Crippen LogP contribution in [0.15, 0.2) is 5.16 Å². The van der Waals surface area contributed by atoms with E-state index in [9.17, 15) is 0 Å². The van der Waals surface area contributed by atoms with Crippen molar-refractivity contribution in [2.45, 2.75) is 6.42 Å². The molecule has 0 spiro atoms. The highest BCUT2D eigenvalue weighted by atomic mass is 16.4. The molecule has 1 fully saturated rings. The minimum Gasteiger partial charge on any atom is -0.411 e. The molecule has 4 nitrogen and oxygen atoms in total. The van der Waals surface area contributed by atoms with E-state index >= 15 is 0 Å². The number of oxime groups is 1. The summed E-state index contributed by atoms with van der Waals surface area (Å²) in [6, 6.07) is 0. The van der Waals surface area contributed by atoms with E-state index in [0.717, 1.165) is 18.7 Å². The van der Waals surface area contributed by atoms with E-state index in [1.54, 1.807) is 0 Å². The van der Waals surface area contributed by atoms with E-state index in [4.69, 9.17) is 10.3 Å². The SMILES string of the molecule is OCCN1CC/C(=N/O)C1.